The van der Waals surface area contributed by atoms with Crippen molar-refractivity contribution in [3.63, 3.8) is 0 Å². The Bertz CT molecular complexity index is 1590. The van der Waals surface area contributed by atoms with Crippen LogP contribution in [0.25, 0.3) is 0 Å². The van der Waals surface area contributed by atoms with E-state index in [0.717, 1.165) is 31.2 Å². The van der Waals surface area contributed by atoms with E-state index in [4.69, 9.17) is 24.3 Å². The lowest BCUT2D eigenvalue weighted by Crippen LogP contribution is -2.49. The number of benzene rings is 4. The third kappa shape index (κ3) is 6.95. The molecule has 1 aliphatic heterocycles. The first-order valence-electron chi connectivity index (χ1n) is 13.9. The van der Waals surface area contributed by atoms with Crippen molar-refractivity contribution >= 4 is 43.7 Å². The van der Waals surface area contributed by atoms with Crippen LogP contribution in [0, 0.1) is 0 Å². The molecular weight excluding hydrogens is 676 g/mol. The standard InChI is InChI=1S/C34H32Br2N2O5/c1-41-30-14-7-3-10-25(30)22-37-33(40)34(21-24-9-2-5-12-28(24)35)31(27-11-4-6-13-29(27)36)43-32(38-34)23-15-17-26(18-16-23)42-20-8-19-39/h2-7,9-18,31,39H,8,19-22H2,1H3,(H,37,40)/t31-,34-/m1/s1. The van der Waals surface area contributed by atoms with E-state index >= 15 is 0 Å². The summed E-state index contributed by atoms with van der Waals surface area (Å²) in [5.41, 5.74) is 1.96. The quantitative estimate of drug-likeness (QED) is 0.158. The van der Waals surface area contributed by atoms with Gasteiger partial charge in [0, 0.05) is 51.6 Å². The van der Waals surface area contributed by atoms with Crippen molar-refractivity contribution in [3.05, 3.63) is 128 Å². The second-order valence-electron chi connectivity index (χ2n) is 10.1. The molecule has 43 heavy (non-hydrogen) atoms. The summed E-state index contributed by atoms with van der Waals surface area (Å²) in [6.45, 7) is 0.741. The van der Waals surface area contributed by atoms with E-state index in [2.05, 4.69) is 37.2 Å². The van der Waals surface area contributed by atoms with Gasteiger partial charge in [0.25, 0.3) is 5.91 Å². The Morgan fingerprint density at radius 3 is 2.30 bits per heavy atom. The predicted octanol–water partition coefficient (Wildman–Crippen LogP) is 6.80. The normalized spacial score (nSPS) is 17.6. The molecule has 0 aliphatic carbocycles. The zero-order chi connectivity index (χ0) is 30.2. The Morgan fingerprint density at radius 1 is 0.930 bits per heavy atom. The smallest absolute Gasteiger partial charge is 0.252 e. The molecule has 0 unspecified atom stereocenters. The van der Waals surface area contributed by atoms with Crippen LogP contribution in [0.2, 0.25) is 0 Å². The third-order valence-corrected chi connectivity index (χ3v) is 8.76. The summed E-state index contributed by atoms with van der Waals surface area (Å²) in [6.07, 6.45) is 0.0971. The van der Waals surface area contributed by atoms with Gasteiger partial charge in [0.1, 0.15) is 11.5 Å². The number of aliphatic hydroxyl groups is 1. The molecule has 0 aromatic heterocycles. The fourth-order valence-electron chi connectivity index (χ4n) is 5.06. The number of hydrogen-bond donors (Lipinski definition) is 2. The van der Waals surface area contributed by atoms with E-state index in [-0.39, 0.29) is 25.5 Å². The predicted molar refractivity (Wildman–Crippen MR) is 174 cm³/mol. The number of hydrogen-bond acceptors (Lipinski definition) is 6. The number of amides is 1. The monoisotopic (exact) mass is 706 g/mol. The van der Waals surface area contributed by atoms with Crippen LogP contribution in [-0.4, -0.2) is 42.8 Å². The largest absolute Gasteiger partial charge is 0.496 e. The Balaban J connectivity index is 1.58. The van der Waals surface area contributed by atoms with Crippen LogP contribution in [0.5, 0.6) is 11.5 Å². The molecule has 0 spiro atoms. The van der Waals surface area contributed by atoms with E-state index in [1.165, 1.54) is 0 Å². The molecule has 0 fully saturated rings. The van der Waals surface area contributed by atoms with E-state index in [1.54, 1.807) is 7.11 Å². The summed E-state index contributed by atoms with van der Waals surface area (Å²) >= 11 is 7.37. The van der Waals surface area contributed by atoms with Crippen molar-refractivity contribution in [1.82, 2.24) is 5.32 Å². The molecule has 5 rings (SSSR count). The first kappa shape index (κ1) is 30.8. The van der Waals surface area contributed by atoms with Gasteiger partial charge in [0.05, 0.1) is 13.7 Å². The molecule has 2 N–H and O–H groups in total. The molecule has 0 saturated carbocycles. The van der Waals surface area contributed by atoms with Crippen LogP contribution in [0.4, 0.5) is 0 Å². The minimum absolute atomic E-state index is 0.0674. The summed E-state index contributed by atoms with van der Waals surface area (Å²) in [5, 5.41) is 12.2. The molecule has 0 radical (unpaired) electrons. The molecule has 222 valence electrons. The number of methoxy groups -OCH3 is 1. The Hall–Kier alpha value is -3.66. The van der Waals surface area contributed by atoms with Gasteiger partial charge in [-0.15, -0.1) is 0 Å². The lowest BCUT2D eigenvalue weighted by Gasteiger charge is -2.31. The number of nitrogens with one attached hydrogen (secondary N) is 1. The highest BCUT2D eigenvalue weighted by Gasteiger charge is 2.54. The van der Waals surface area contributed by atoms with Crippen LogP contribution in [0.15, 0.2) is 111 Å². The number of aliphatic hydroxyl groups excluding tert-OH is 1. The first-order valence-corrected chi connectivity index (χ1v) is 15.5. The summed E-state index contributed by atoms with van der Waals surface area (Å²) in [4.78, 5) is 19.6. The maximum Gasteiger partial charge on any atom is 0.252 e. The van der Waals surface area contributed by atoms with Gasteiger partial charge in [-0.2, -0.15) is 0 Å². The van der Waals surface area contributed by atoms with Gasteiger partial charge < -0.3 is 24.6 Å². The van der Waals surface area contributed by atoms with Gasteiger partial charge in [-0.25, -0.2) is 4.99 Å². The number of rotatable bonds is 12. The Kier molecular flexibility index (Phi) is 10.2. The molecule has 9 heteroatoms. The second kappa shape index (κ2) is 14.2. The van der Waals surface area contributed by atoms with Gasteiger partial charge in [-0.1, -0.05) is 86.5 Å². The van der Waals surface area contributed by atoms with Crippen molar-refractivity contribution < 1.29 is 24.1 Å². The van der Waals surface area contributed by atoms with E-state index < -0.39 is 11.6 Å². The maximum absolute atomic E-state index is 14.5. The van der Waals surface area contributed by atoms with E-state index in [1.807, 2.05) is 97.1 Å². The van der Waals surface area contributed by atoms with E-state index in [9.17, 15) is 4.79 Å². The minimum atomic E-state index is -1.35. The fourth-order valence-corrected chi connectivity index (χ4v) is 5.97. The number of para-hydroxylation sites is 1. The van der Waals surface area contributed by atoms with Crippen molar-refractivity contribution in [2.45, 2.75) is 31.0 Å². The number of aliphatic imine (C=N–C) groups is 1. The summed E-state index contributed by atoms with van der Waals surface area (Å²) in [6, 6.07) is 30.6. The Morgan fingerprint density at radius 2 is 1.60 bits per heavy atom. The fraction of sp³-hybridized carbons (Fsp3) is 0.235. The Labute approximate surface area is 268 Å². The molecule has 0 saturated heterocycles. The van der Waals surface area contributed by atoms with Gasteiger partial charge in [-0.05, 0) is 48.0 Å². The molecule has 4 aromatic carbocycles. The number of nitrogens with zero attached hydrogens (tertiary/aromatic N) is 1. The zero-order valence-corrected chi connectivity index (χ0v) is 26.8. The van der Waals surface area contributed by atoms with Crippen LogP contribution < -0.4 is 14.8 Å². The lowest BCUT2D eigenvalue weighted by molar-refractivity contribution is -0.129. The topological polar surface area (TPSA) is 89.4 Å². The van der Waals surface area contributed by atoms with E-state index in [0.29, 0.717) is 30.4 Å². The van der Waals surface area contributed by atoms with Crippen LogP contribution in [0.1, 0.15) is 34.8 Å². The van der Waals surface area contributed by atoms with Gasteiger partial charge in [-0.3, -0.25) is 4.79 Å². The van der Waals surface area contributed by atoms with Crippen molar-refractivity contribution in [2.75, 3.05) is 20.3 Å². The highest BCUT2D eigenvalue weighted by atomic mass is 79.9. The van der Waals surface area contributed by atoms with Gasteiger partial charge in [0.2, 0.25) is 5.90 Å². The number of carbonyl (C=O) groups excluding carboxylic acids is 1. The first-order chi connectivity index (χ1) is 20.9. The second-order valence-corrected chi connectivity index (χ2v) is 11.8. The van der Waals surface area contributed by atoms with Crippen molar-refractivity contribution in [2.24, 2.45) is 4.99 Å². The highest BCUT2D eigenvalue weighted by Crippen LogP contribution is 2.45. The molecule has 1 amide bonds. The molecule has 0 bridgehead atoms. The van der Waals surface area contributed by atoms with Crippen LogP contribution in [-0.2, 0) is 22.5 Å². The van der Waals surface area contributed by atoms with Crippen molar-refractivity contribution in [1.29, 1.82) is 0 Å². The molecular formula is C34H32Br2N2O5. The number of halogens is 2. The number of carbonyl (C=O) groups is 1. The summed E-state index contributed by atoms with van der Waals surface area (Å²) < 4.78 is 19.6. The molecule has 2 atom stereocenters. The van der Waals surface area contributed by atoms with Gasteiger partial charge >= 0.3 is 0 Å². The van der Waals surface area contributed by atoms with Crippen LogP contribution in [0.3, 0.4) is 0 Å². The average molecular weight is 708 g/mol. The summed E-state index contributed by atoms with van der Waals surface area (Å²) in [7, 11) is 1.61. The molecule has 4 aromatic rings. The minimum Gasteiger partial charge on any atom is -0.496 e. The third-order valence-electron chi connectivity index (χ3n) is 7.27. The lowest BCUT2D eigenvalue weighted by atomic mass is 9.82. The summed E-state index contributed by atoms with van der Waals surface area (Å²) in [5.74, 6) is 1.46. The molecule has 1 aliphatic rings. The van der Waals surface area contributed by atoms with Gasteiger partial charge in [0.15, 0.2) is 11.6 Å². The SMILES string of the molecule is COc1ccccc1CNC(=O)[C@]1(Cc2ccccc2Br)N=C(c2ccc(OCCCO)cc2)O[C@@H]1c1ccccc1Br. The average Bonchev–Trinajstić information content (AvgIpc) is 3.42. The number of ether oxygens (including phenoxy) is 3. The highest BCUT2D eigenvalue weighted by molar-refractivity contribution is 9.10. The molecule has 7 nitrogen and oxygen atoms in total. The maximum atomic E-state index is 14.5. The zero-order valence-electron chi connectivity index (χ0n) is 23.6. The molecule has 1 heterocycles. The van der Waals surface area contributed by atoms with Crippen LogP contribution >= 0.6 is 31.9 Å². The van der Waals surface area contributed by atoms with Crippen molar-refractivity contribution in [3.8, 4) is 11.5 Å².